The lowest BCUT2D eigenvalue weighted by molar-refractivity contribution is 0.0894. The van der Waals surface area contributed by atoms with Crippen LogP contribution < -0.4 is 0 Å². The normalized spacial score (nSPS) is 23.3. The van der Waals surface area contributed by atoms with Gasteiger partial charge in [-0.2, -0.15) is 0 Å². The second kappa shape index (κ2) is 11.4. The lowest BCUT2D eigenvalue weighted by atomic mass is 9.59. The minimum absolute atomic E-state index is 0.500. The van der Waals surface area contributed by atoms with Gasteiger partial charge in [0.1, 0.15) is 0 Å². The van der Waals surface area contributed by atoms with Gasteiger partial charge in [0.2, 0.25) is 0 Å². The van der Waals surface area contributed by atoms with E-state index in [1.165, 1.54) is 81.3 Å². The molecule has 0 aromatic heterocycles. The highest BCUT2D eigenvalue weighted by Crippen LogP contribution is 2.54. The Morgan fingerprint density at radius 1 is 0.860 bits per heavy atom. The highest BCUT2D eigenvalue weighted by atomic mass is 14.5. The SMILES string of the molecule is C=C(C)Cc1c(C)cc2c(c1-c1ccc(C)cc1)CC(c1ccc3c(c1)C(C1CC4CC(C4)C1)=CC3C)=C2.CC(C)(C)C. The summed E-state index contributed by atoms with van der Waals surface area (Å²) in [6.07, 6.45) is 12.8. The van der Waals surface area contributed by atoms with Crippen LogP contribution in [0.15, 0.2) is 66.8 Å². The number of hydrogen-bond donors (Lipinski definition) is 0. The molecule has 2 bridgehead atoms. The van der Waals surface area contributed by atoms with E-state index in [0.29, 0.717) is 11.3 Å². The fraction of sp³-hybridized carbons (Fsp3) is 0.442. The maximum absolute atomic E-state index is 4.27. The molecule has 0 aliphatic heterocycles. The van der Waals surface area contributed by atoms with Gasteiger partial charge in [-0.05, 0) is 150 Å². The summed E-state index contributed by atoms with van der Waals surface area (Å²) in [5.74, 6) is 3.31. The van der Waals surface area contributed by atoms with E-state index in [1.807, 2.05) is 0 Å². The molecule has 1 atom stereocenters. The number of aryl methyl sites for hydroxylation is 2. The van der Waals surface area contributed by atoms with Crippen molar-refractivity contribution in [1.29, 1.82) is 0 Å². The minimum Gasteiger partial charge on any atom is -0.0998 e. The van der Waals surface area contributed by atoms with E-state index in [4.69, 9.17) is 0 Å². The monoisotopic (exact) mass is 568 g/mol. The molecule has 3 aromatic rings. The van der Waals surface area contributed by atoms with Crippen molar-refractivity contribution in [3.63, 3.8) is 0 Å². The molecule has 0 heteroatoms. The Morgan fingerprint density at radius 3 is 2.12 bits per heavy atom. The van der Waals surface area contributed by atoms with Crippen molar-refractivity contribution >= 4 is 17.2 Å². The summed E-state index contributed by atoms with van der Waals surface area (Å²) in [6.45, 7) is 22.0. The predicted octanol–water partition coefficient (Wildman–Crippen LogP) is 12.2. The maximum Gasteiger partial charge on any atom is 0.000174 e. The first kappa shape index (κ1) is 29.9. The topological polar surface area (TPSA) is 0 Å². The van der Waals surface area contributed by atoms with E-state index in [1.54, 1.807) is 16.7 Å². The van der Waals surface area contributed by atoms with Crippen LogP contribution in [-0.4, -0.2) is 0 Å². The molecule has 5 aliphatic carbocycles. The van der Waals surface area contributed by atoms with Gasteiger partial charge in [-0.25, -0.2) is 0 Å². The van der Waals surface area contributed by atoms with Gasteiger partial charge in [0, 0.05) is 5.92 Å². The van der Waals surface area contributed by atoms with Crippen LogP contribution in [0.25, 0.3) is 28.3 Å². The van der Waals surface area contributed by atoms with Crippen molar-refractivity contribution in [3.8, 4) is 11.1 Å². The number of rotatable bonds is 5. The average Bonchev–Trinajstić information content (AvgIpc) is 3.49. The van der Waals surface area contributed by atoms with Gasteiger partial charge < -0.3 is 0 Å². The third kappa shape index (κ3) is 6.26. The highest BCUT2D eigenvalue weighted by molar-refractivity contribution is 5.94. The molecule has 0 N–H and O–H groups in total. The van der Waals surface area contributed by atoms with E-state index < -0.39 is 0 Å². The van der Waals surface area contributed by atoms with Crippen molar-refractivity contribution in [2.45, 2.75) is 99.8 Å². The molecule has 3 saturated carbocycles. The van der Waals surface area contributed by atoms with Gasteiger partial charge >= 0.3 is 0 Å². The molecule has 0 radical (unpaired) electrons. The lowest BCUT2D eigenvalue weighted by Crippen LogP contribution is -2.34. The quantitative estimate of drug-likeness (QED) is 0.269. The van der Waals surface area contributed by atoms with Gasteiger partial charge in [0.05, 0.1) is 0 Å². The maximum atomic E-state index is 4.27. The van der Waals surface area contributed by atoms with E-state index in [9.17, 15) is 0 Å². The number of hydrogen-bond acceptors (Lipinski definition) is 0. The highest BCUT2D eigenvalue weighted by Gasteiger charge is 2.41. The third-order valence-corrected chi connectivity index (χ3v) is 9.98. The third-order valence-electron chi connectivity index (χ3n) is 9.98. The summed E-state index contributed by atoms with van der Waals surface area (Å²) < 4.78 is 0. The zero-order chi connectivity index (χ0) is 30.6. The van der Waals surface area contributed by atoms with Gasteiger partial charge in [0.15, 0.2) is 0 Å². The summed E-state index contributed by atoms with van der Waals surface area (Å²) in [5.41, 5.74) is 19.2. The summed E-state index contributed by atoms with van der Waals surface area (Å²) >= 11 is 0. The molecule has 0 heterocycles. The molecule has 224 valence electrons. The molecule has 0 amide bonds. The van der Waals surface area contributed by atoms with Crippen LogP contribution in [0.3, 0.4) is 0 Å². The summed E-state index contributed by atoms with van der Waals surface area (Å²) in [4.78, 5) is 0. The molecule has 0 nitrogen and oxygen atoms in total. The van der Waals surface area contributed by atoms with E-state index >= 15 is 0 Å². The van der Waals surface area contributed by atoms with E-state index in [2.05, 4.69) is 123 Å². The van der Waals surface area contributed by atoms with Crippen molar-refractivity contribution in [1.82, 2.24) is 0 Å². The Morgan fingerprint density at radius 2 is 1.49 bits per heavy atom. The van der Waals surface area contributed by atoms with Gasteiger partial charge in [-0.1, -0.05) is 107 Å². The molecule has 5 aliphatic rings. The van der Waals surface area contributed by atoms with Crippen LogP contribution >= 0.6 is 0 Å². The van der Waals surface area contributed by atoms with E-state index in [0.717, 1.165) is 30.6 Å². The van der Waals surface area contributed by atoms with E-state index in [-0.39, 0.29) is 0 Å². The number of fused-ring (bicyclic) bond motifs is 4. The Labute approximate surface area is 262 Å². The Kier molecular flexibility index (Phi) is 7.95. The van der Waals surface area contributed by atoms with Crippen LogP contribution in [0.2, 0.25) is 0 Å². The first-order valence-electron chi connectivity index (χ1n) is 16.8. The molecule has 3 fully saturated rings. The van der Waals surface area contributed by atoms with Crippen molar-refractivity contribution in [2.24, 2.45) is 23.2 Å². The van der Waals surface area contributed by atoms with Crippen LogP contribution in [0, 0.1) is 37.0 Å². The fourth-order valence-corrected chi connectivity index (χ4v) is 8.08. The second-order valence-electron chi connectivity index (χ2n) is 16.0. The first-order valence-corrected chi connectivity index (χ1v) is 16.8. The fourth-order valence-electron chi connectivity index (χ4n) is 8.08. The zero-order valence-electron chi connectivity index (χ0n) is 28.0. The molecular formula is C43H52. The predicted molar refractivity (Wildman–Crippen MR) is 188 cm³/mol. The second-order valence-corrected chi connectivity index (χ2v) is 16.0. The van der Waals surface area contributed by atoms with Gasteiger partial charge in [-0.15, -0.1) is 0 Å². The Hall–Kier alpha value is -3.12. The molecule has 3 aromatic carbocycles. The molecular weight excluding hydrogens is 516 g/mol. The zero-order valence-corrected chi connectivity index (χ0v) is 28.0. The largest absolute Gasteiger partial charge is 0.0998 e. The first-order chi connectivity index (χ1) is 20.3. The average molecular weight is 569 g/mol. The molecule has 43 heavy (non-hydrogen) atoms. The van der Waals surface area contributed by atoms with Crippen LogP contribution in [-0.2, 0) is 12.8 Å². The minimum atomic E-state index is 0.500. The van der Waals surface area contributed by atoms with Crippen LogP contribution in [0.4, 0.5) is 0 Å². The lowest BCUT2D eigenvalue weighted by Gasteiger charge is -2.46. The van der Waals surface area contributed by atoms with Crippen LogP contribution in [0.5, 0.6) is 0 Å². The Balaban J connectivity index is 0.000000611. The summed E-state index contributed by atoms with van der Waals surface area (Å²) in [5, 5.41) is 0. The molecule has 1 unspecified atom stereocenters. The molecule has 0 saturated heterocycles. The van der Waals surface area contributed by atoms with Crippen molar-refractivity contribution < 1.29 is 0 Å². The van der Waals surface area contributed by atoms with Crippen LogP contribution in [0.1, 0.15) is 118 Å². The van der Waals surface area contributed by atoms with Gasteiger partial charge in [-0.3, -0.25) is 0 Å². The molecule has 8 rings (SSSR count). The number of allylic oxidation sites excluding steroid dienone is 4. The molecule has 0 spiro atoms. The summed E-state index contributed by atoms with van der Waals surface area (Å²) in [6, 6.07) is 18.9. The Bertz CT molecular complexity index is 1590. The van der Waals surface area contributed by atoms with Crippen molar-refractivity contribution in [3.05, 3.63) is 111 Å². The number of benzene rings is 3. The smallest absolute Gasteiger partial charge is 0.000174 e. The standard InChI is InChI=1S/C38H40.C5H12/c1-22(2)12-34-24(4)13-31-19-30(21-36(31)38(34)28-8-6-23(3)7-9-28)29-10-11-33-25(5)14-35(37(33)20-29)32-17-26-15-27(16-26)18-32;1-5(2,3)4/h6-11,13-14,19-20,25-27,32H,1,12,15-18,21H2,2-5H3;1-4H3. The van der Waals surface area contributed by atoms with Gasteiger partial charge in [0.25, 0.3) is 0 Å². The summed E-state index contributed by atoms with van der Waals surface area (Å²) in [7, 11) is 0. The van der Waals surface area contributed by atoms with Crippen molar-refractivity contribution in [2.75, 3.05) is 0 Å².